The molecule has 0 atom stereocenters. The van der Waals surface area contributed by atoms with Crippen molar-refractivity contribution in [3.05, 3.63) is 65.7 Å². The maximum atomic E-state index is 11.3. The average molecular weight is 319 g/mol. The summed E-state index contributed by atoms with van der Waals surface area (Å²) < 4.78 is 1.59. The zero-order chi connectivity index (χ0) is 17.1. The number of hydrogen-bond donors (Lipinski definition) is 2. The fourth-order valence-corrected chi connectivity index (χ4v) is 2.30. The SMILES string of the molecule is Cc1nn(-c2ccccc2C#N)cc1Nc1cnccc1C(=O)O. The fraction of sp³-hybridized carbons (Fsp3) is 0.0588. The molecule has 3 aromatic rings. The number of carbonyl (C=O) groups is 1. The van der Waals surface area contributed by atoms with Crippen LogP contribution in [0.4, 0.5) is 11.4 Å². The van der Waals surface area contributed by atoms with Gasteiger partial charge in [0.05, 0.1) is 46.3 Å². The number of pyridine rings is 1. The number of nitrogens with zero attached hydrogens (tertiary/aromatic N) is 4. The van der Waals surface area contributed by atoms with Gasteiger partial charge in [-0.25, -0.2) is 9.48 Å². The van der Waals surface area contributed by atoms with Crippen LogP contribution in [0.3, 0.4) is 0 Å². The van der Waals surface area contributed by atoms with E-state index in [1.54, 1.807) is 36.0 Å². The first-order valence-electron chi connectivity index (χ1n) is 7.10. The number of anilines is 2. The second-order valence-corrected chi connectivity index (χ2v) is 5.05. The van der Waals surface area contributed by atoms with Gasteiger partial charge in [0, 0.05) is 6.20 Å². The minimum Gasteiger partial charge on any atom is -0.478 e. The standard InChI is InChI=1S/C17H13N5O2/c1-11-15(20-14-9-19-7-6-13(14)17(23)24)10-22(21-11)16-5-3-2-4-12(16)8-18/h2-7,9-10,20H,1H3,(H,23,24). The maximum absolute atomic E-state index is 11.3. The van der Waals surface area contributed by atoms with Gasteiger partial charge in [-0.3, -0.25) is 4.98 Å². The van der Waals surface area contributed by atoms with E-state index in [4.69, 9.17) is 0 Å². The van der Waals surface area contributed by atoms with Crippen LogP contribution in [0.1, 0.15) is 21.6 Å². The first-order chi connectivity index (χ1) is 11.6. The molecule has 0 fully saturated rings. The lowest BCUT2D eigenvalue weighted by Crippen LogP contribution is -2.03. The second kappa shape index (κ2) is 6.22. The molecule has 0 unspecified atom stereocenters. The van der Waals surface area contributed by atoms with E-state index in [9.17, 15) is 15.2 Å². The number of benzene rings is 1. The van der Waals surface area contributed by atoms with Crippen molar-refractivity contribution >= 4 is 17.3 Å². The van der Waals surface area contributed by atoms with Crippen molar-refractivity contribution in [3.63, 3.8) is 0 Å². The summed E-state index contributed by atoms with van der Waals surface area (Å²) in [6.07, 6.45) is 4.58. The van der Waals surface area contributed by atoms with E-state index >= 15 is 0 Å². The maximum Gasteiger partial charge on any atom is 0.337 e. The van der Waals surface area contributed by atoms with Crippen molar-refractivity contribution in [2.24, 2.45) is 0 Å². The van der Waals surface area contributed by atoms with Gasteiger partial charge in [0.25, 0.3) is 0 Å². The smallest absolute Gasteiger partial charge is 0.337 e. The van der Waals surface area contributed by atoms with Crippen molar-refractivity contribution in [1.29, 1.82) is 5.26 Å². The summed E-state index contributed by atoms with van der Waals surface area (Å²) in [5.41, 5.74) is 2.96. The molecule has 0 amide bonds. The molecule has 0 saturated carbocycles. The number of rotatable bonds is 4. The second-order valence-electron chi connectivity index (χ2n) is 5.05. The van der Waals surface area contributed by atoms with Crippen molar-refractivity contribution in [3.8, 4) is 11.8 Å². The molecule has 0 aliphatic rings. The van der Waals surface area contributed by atoms with Crippen LogP contribution in [-0.2, 0) is 0 Å². The Hall–Kier alpha value is -3.66. The number of carboxylic acids is 1. The predicted octanol–water partition coefficient (Wildman–Crippen LogP) is 2.89. The number of carboxylic acid groups (broad SMARTS) is 1. The summed E-state index contributed by atoms with van der Waals surface area (Å²) >= 11 is 0. The van der Waals surface area contributed by atoms with E-state index in [1.807, 2.05) is 6.07 Å². The van der Waals surface area contributed by atoms with Gasteiger partial charge in [0.2, 0.25) is 0 Å². The fourth-order valence-electron chi connectivity index (χ4n) is 2.30. The first kappa shape index (κ1) is 15.2. The van der Waals surface area contributed by atoms with Crippen molar-refractivity contribution < 1.29 is 9.90 Å². The van der Waals surface area contributed by atoms with Crippen LogP contribution in [-0.4, -0.2) is 25.8 Å². The average Bonchev–Trinajstić information content (AvgIpc) is 2.95. The molecule has 0 radical (unpaired) electrons. The van der Waals surface area contributed by atoms with Gasteiger partial charge in [0.15, 0.2) is 0 Å². The van der Waals surface area contributed by atoms with E-state index in [0.29, 0.717) is 28.3 Å². The molecule has 0 spiro atoms. The number of para-hydroxylation sites is 1. The molecule has 0 saturated heterocycles. The van der Waals surface area contributed by atoms with Crippen LogP contribution >= 0.6 is 0 Å². The highest BCUT2D eigenvalue weighted by Gasteiger charge is 2.13. The topological polar surface area (TPSA) is 104 Å². The van der Waals surface area contributed by atoms with Gasteiger partial charge in [-0.2, -0.15) is 10.4 Å². The van der Waals surface area contributed by atoms with Crippen molar-refractivity contribution in [2.45, 2.75) is 6.92 Å². The Labute approximate surface area is 137 Å². The van der Waals surface area contributed by atoms with Crippen molar-refractivity contribution in [1.82, 2.24) is 14.8 Å². The van der Waals surface area contributed by atoms with E-state index in [0.717, 1.165) is 0 Å². The zero-order valence-electron chi connectivity index (χ0n) is 12.8. The Kier molecular flexibility index (Phi) is 3.95. The largest absolute Gasteiger partial charge is 0.478 e. The molecule has 24 heavy (non-hydrogen) atoms. The lowest BCUT2D eigenvalue weighted by Gasteiger charge is -2.07. The molecule has 2 heterocycles. The van der Waals surface area contributed by atoms with E-state index in [1.165, 1.54) is 18.5 Å². The molecule has 0 aliphatic carbocycles. The van der Waals surface area contributed by atoms with Gasteiger partial charge in [-0.15, -0.1) is 0 Å². The van der Waals surface area contributed by atoms with Gasteiger partial charge >= 0.3 is 5.97 Å². The Morgan fingerprint density at radius 3 is 2.83 bits per heavy atom. The Morgan fingerprint density at radius 2 is 2.08 bits per heavy atom. The van der Waals surface area contributed by atoms with E-state index < -0.39 is 5.97 Å². The molecule has 7 nitrogen and oxygen atoms in total. The molecule has 0 bridgehead atoms. The molecule has 118 valence electrons. The predicted molar refractivity (Wildman–Crippen MR) is 87.5 cm³/mol. The van der Waals surface area contributed by atoms with E-state index in [-0.39, 0.29) is 5.56 Å². The monoisotopic (exact) mass is 319 g/mol. The number of aromatic carboxylic acids is 1. The molecule has 2 N–H and O–H groups in total. The minimum absolute atomic E-state index is 0.120. The highest BCUT2D eigenvalue weighted by molar-refractivity contribution is 5.94. The van der Waals surface area contributed by atoms with Gasteiger partial charge in [-0.1, -0.05) is 12.1 Å². The molecule has 0 aliphatic heterocycles. The highest BCUT2D eigenvalue weighted by Crippen LogP contribution is 2.24. The molecular formula is C17H13N5O2. The Bertz CT molecular complexity index is 956. The van der Waals surface area contributed by atoms with Crippen LogP contribution in [0.25, 0.3) is 5.69 Å². The van der Waals surface area contributed by atoms with Crippen molar-refractivity contribution in [2.75, 3.05) is 5.32 Å². The number of hydrogen-bond acceptors (Lipinski definition) is 5. The molecule has 2 aromatic heterocycles. The molecule has 3 rings (SSSR count). The Morgan fingerprint density at radius 1 is 1.29 bits per heavy atom. The summed E-state index contributed by atoms with van der Waals surface area (Å²) in [6.45, 7) is 1.80. The van der Waals surface area contributed by atoms with Crippen LogP contribution in [0.5, 0.6) is 0 Å². The number of aryl methyl sites for hydroxylation is 1. The summed E-state index contributed by atoms with van der Waals surface area (Å²) in [4.78, 5) is 15.2. The molecule has 1 aromatic carbocycles. The van der Waals surface area contributed by atoms with Crippen LogP contribution < -0.4 is 5.32 Å². The molecular weight excluding hydrogens is 306 g/mol. The van der Waals surface area contributed by atoms with Crippen LogP contribution in [0.15, 0.2) is 48.9 Å². The number of aromatic nitrogens is 3. The lowest BCUT2D eigenvalue weighted by molar-refractivity contribution is 0.0698. The van der Waals surface area contributed by atoms with Gasteiger partial charge in [0.1, 0.15) is 6.07 Å². The third-order valence-electron chi connectivity index (χ3n) is 3.49. The lowest BCUT2D eigenvalue weighted by atomic mass is 10.2. The normalized spacial score (nSPS) is 10.2. The van der Waals surface area contributed by atoms with Crippen LogP contribution in [0, 0.1) is 18.3 Å². The summed E-state index contributed by atoms with van der Waals surface area (Å²) in [7, 11) is 0. The summed E-state index contributed by atoms with van der Waals surface area (Å²) in [5.74, 6) is -1.04. The molecule has 7 heteroatoms. The number of nitriles is 1. The zero-order valence-corrected chi connectivity index (χ0v) is 12.8. The van der Waals surface area contributed by atoms with Gasteiger partial charge in [-0.05, 0) is 25.1 Å². The highest BCUT2D eigenvalue weighted by atomic mass is 16.4. The Balaban J connectivity index is 1.99. The summed E-state index contributed by atoms with van der Waals surface area (Å²) in [6, 6.07) is 10.7. The third-order valence-corrected chi connectivity index (χ3v) is 3.49. The van der Waals surface area contributed by atoms with Gasteiger partial charge < -0.3 is 10.4 Å². The third kappa shape index (κ3) is 2.80. The van der Waals surface area contributed by atoms with E-state index in [2.05, 4.69) is 21.5 Å². The van der Waals surface area contributed by atoms with Crippen LogP contribution in [0.2, 0.25) is 0 Å². The quantitative estimate of drug-likeness (QED) is 0.766. The summed E-state index contributed by atoms with van der Waals surface area (Å²) in [5, 5.41) is 25.9. The number of nitrogens with one attached hydrogen (secondary N) is 1. The minimum atomic E-state index is -1.04. The first-order valence-corrected chi connectivity index (χ1v) is 7.10.